The zero-order chi connectivity index (χ0) is 13.2. The number of anilines is 1. The fourth-order valence-electron chi connectivity index (χ4n) is 1.91. The molecule has 0 fully saturated rings. The van der Waals surface area contributed by atoms with Crippen molar-refractivity contribution >= 4 is 39.4 Å². The van der Waals surface area contributed by atoms with Crippen molar-refractivity contribution in [3.05, 3.63) is 46.8 Å². The van der Waals surface area contributed by atoms with Gasteiger partial charge in [-0.05, 0) is 34.0 Å². The van der Waals surface area contributed by atoms with Gasteiger partial charge in [-0.15, -0.1) is 11.8 Å². The molecule has 1 aliphatic heterocycles. The Bertz CT molecular complexity index is 593. The molecule has 4 nitrogen and oxygen atoms in total. The number of fused-ring (bicyclic) bond motifs is 1. The molecule has 96 valence electrons. The Hall–Kier alpha value is -1.40. The largest absolute Gasteiger partial charge is 0.308 e. The molecule has 1 amide bonds. The summed E-state index contributed by atoms with van der Waals surface area (Å²) in [6.07, 6.45) is 3.86. The van der Waals surface area contributed by atoms with E-state index in [9.17, 15) is 4.79 Å². The molecule has 0 spiro atoms. The summed E-state index contributed by atoms with van der Waals surface area (Å²) < 4.78 is 0.646. The molecule has 19 heavy (non-hydrogen) atoms. The van der Waals surface area contributed by atoms with Crippen LogP contribution < -0.4 is 5.32 Å². The number of hydrogen-bond donors (Lipinski definition) is 1. The molecule has 1 aromatic heterocycles. The van der Waals surface area contributed by atoms with E-state index < -0.39 is 0 Å². The first-order valence-corrected chi connectivity index (χ1v) is 7.42. The van der Waals surface area contributed by atoms with Crippen LogP contribution in [0.5, 0.6) is 0 Å². The van der Waals surface area contributed by atoms with Gasteiger partial charge in [0.1, 0.15) is 4.60 Å². The van der Waals surface area contributed by atoms with Crippen LogP contribution in [0.25, 0.3) is 0 Å². The third kappa shape index (κ3) is 2.79. The third-order valence-corrected chi connectivity index (χ3v) is 4.54. The van der Waals surface area contributed by atoms with E-state index in [-0.39, 0.29) is 11.2 Å². The molecular formula is C13H10BrN3OS. The predicted octanol–water partition coefficient (Wildman–Crippen LogP) is 2.89. The van der Waals surface area contributed by atoms with Crippen molar-refractivity contribution in [2.75, 3.05) is 5.32 Å². The van der Waals surface area contributed by atoms with Gasteiger partial charge in [-0.1, -0.05) is 18.2 Å². The van der Waals surface area contributed by atoms with Gasteiger partial charge in [-0.2, -0.15) is 0 Å². The highest BCUT2D eigenvalue weighted by atomic mass is 79.9. The molecule has 1 atom stereocenters. The van der Waals surface area contributed by atoms with Gasteiger partial charge in [0, 0.05) is 4.90 Å². The Morgan fingerprint density at radius 3 is 2.89 bits per heavy atom. The van der Waals surface area contributed by atoms with Crippen LogP contribution >= 0.6 is 27.7 Å². The highest BCUT2D eigenvalue weighted by Gasteiger charge is 2.28. The highest BCUT2D eigenvalue weighted by Crippen LogP contribution is 2.37. The molecule has 3 rings (SSSR count). The zero-order valence-corrected chi connectivity index (χ0v) is 12.2. The Morgan fingerprint density at radius 1 is 1.32 bits per heavy atom. The van der Waals surface area contributed by atoms with E-state index in [0.29, 0.717) is 10.4 Å². The zero-order valence-electron chi connectivity index (χ0n) is 9.84. The van der Waals surface area contributed by atoms with Crippen molar-refractivity contribution in [2.45, 2.75) is 16.6 Å². The summed E-state index contributed by atoms with van der Waals surface area (Å²) in [6.45, 7) is 0. The average Bonchev–Trinajstić information content (AvgIpc) is 2.85. The minimum atomic E-state index is -0.0946. The van der Waals surface area contributed by atoms with Crippen LogP contribution in [0, 0.1) is 0 Å². The second-order valence-electron chi connectivity index (χ2n) is 4.13. The Kier molecular flexibility index (Phi) is 3.52. The first-order chi connectivity index (χ1) is 9.22. The number of hydrogen-bond acceptors (Lipinski definition) is 4. The molecule has 0 bridgehead atoms. The standard InChI is InChI=1S/C13H10BrN3OS/c14-11-6-16-12(7-15-11)17-13(18)10-5-8-3-1-2-4-9(8)19-10/h1-4,6-7,10H,5H2,(H,16,17,18). The Labute approximate surface area is 123 Å². The number of carbonyl (C=O) groups is 1. The maximum atomic E-state index is 12.2. The number of aromatic nitrogens is 2. The Balaban J connectivity index is 1.68. The lowest BCUT2D eigenvalue weighted by Gasteiger charge is -2.08. The van der Waals surface area contributed by atoms with Gasteiger partial charge in [0.25, 0.3) is 0 Å². The molecule has 2 aromatic rings. The van der Waals surface area contributed by atoms with Crippen LogP contribution in [0.1, 0.15) is 5.56 Å². The minimum absolute atomic E-state index is 0.0298. The molecule has 6 heteroatoms. The summed E-state index contributed by atoms with van der Waals surface area (Å²) >= 11 is 4.80. The van der Waals surface area contributed by atoms with Gasteiger partial charge in [-0.3, -0.25) is 4.79 Å². The van der Waals surface area contributed by atoms with Gasteiger partial charge in [0.05, 0.1) is 17.6 Å². The van der Waals surface area contributed by atoms with E-state index in [1.54, 1.807) is 18.0 Å². The van der Waals surface area contributed by atoms with Crippen molar-refractivity contribution in [1.29, 1.82) is 0 Å². The third-order valence-electron chi connectivity index (χ3n) is 2.81. The molecule has 1 N–H and O–H groups in total. The van der Waals surface area contributed by atoms with Crippen molar-refractivity contribution < 1.29 is 4.79 Å². The van der Waals surface area contributed by atoms with Gasteiger partial charge >= 0.3 is 0 Å². The highest BCUT2D eigenvalue weighted by molar-refractivity contribution is 9.10. The lowest BCUT2D eigenvalue weighted by molar-refractivity contribution is -0.115. The van der Waals surface area contributed by atoms with Crippen LogP contribution in [-0.4, -0.2) is 21.1 Å². The quantitative estimate of drug-likeness (QED) is 0.916. The first-order valence-electron chi connectivity index (χ1n) is 5.75. The lowest BCUT2D eigenvalue weighted by Crippen LogP contribution is -2.25. The van der Waals surface area contributed by atoms with Gasteiger partial charge < -0.3 is 5.32 Å². The molecule has 1 aromatic carbocycles. The van der Waals surface area contributed by atoms with Crippen LogP contribution in [0.4, 0.5) is 5.82 Å². The summed E-state index contributed by atoms with van der Waals surface area (Å²) in [6, 6.07) is 8.11. The minimum Gasteiger partial charge on any atom is -0.308 e. The molecule has 2 heterocycles. The van der Waals surface area contributed by atoms with Crippen LogP contribution in [-0.2, 0) is 11.2 Å². The van der Waals surface area contributed by atoms with E-state index in [1.165, 1.54) is 16.7 Å². The molecule has 0 saturated carbocycles. The van der Waals surface area contributed by atoms with E-state index in [1.807, 2.05) is 18.2 Å². The molecular weight excluding hydrogens is 326 g/mol. The van der Waals surface area contributed by atoms with Crippen molar-refractivity contribution in [3.8, 4) is 0 Å². The van der Waals surface area contributed by atoms with Crippen LogP contribution in [0.15, 0.2) is 46.2 Å². The van der Waals surface area contributed by atoms with E-state index >= 15 is 0 Å². The molecule has 0 aliphatic carbocycles. The lowest BCUT2D eigenvalue weighted by atomic mass is 10.1. The Morgan fingerprint density at radius 2 is 2.16 bits per heavy atom. The SMILES string of the molecule is O=C(Nc1cnc(Br)cn1)C1Cc2ccccc2S1. The summed E-state index contributed by atoms with van der Waals surface area (Å²) in [4.78, 5) is 21.5. The smallest absolute Gasteiger partial charge is 0.239 e. The first kappa shape index (κ1) is 12.6. The molecule has 1 aliphatic rings. The fraction of sp³-hybridized carbons (Fsp3) is 0.154. The maximum Gasteiger partial charge on any atom is 0.239 e. The van der Waals surface area contributed by atoms with Crippen LogP contribution in [0.3, 0.4) is 0 Å². The number of thioether (sulfide) groups is 1. The molecule has 1 unspecified atom stereocenters. The monoisotopic (exact) mass is 335 g/mol. The van der Waals surface area contributed by atoms with Crippen LogP contribution in [0.2, 0.25) is 0 Å². The van der Waals surface area contributed by atoms with E-state index in [2.05, 4.69) is 37.3 Å². The topological polar surface area (TPSA) is 54.9 Å². The number of benzene rings is 1. The normalized spacial score (nSPS) is 17.0. The number of nitrogens with one attached hydrogen (secondary N) is 1. The predicted molar refractivity (Wildman–Crippen MR) is 78.2 cm³/mol. The second kappa shape index (κ2) is 5.30. The number of carbonyl (C=O) groups excluding carboxylic acids is 1. The van der Waals surface area contributed by atoms with Gasteiger partial charge in [-0.25, -0.2) is 9.97 Å². The summed E-state index contributed by atoms with van der Waals surface area (Å²) in [5.74, 6) is 0.447. The van der Waals surface area contributed by atoms with Crippen molar-refractivity contribution in [1.82, 2.24) is 9.97 Å². The summed E-state index contributed by atoms with van der Waals surface area (Å²) in [5.41, 5.74) is 1.23. The summed E-state index contributed by atoms with van der Waals surface area (Å²) in [5, 5.41) is 2.70. The number of rotatable bonds is 2. The number of halogens is 1. The second-order valence-corrected chi connectivity index (χ2v) is 6.19. The summed E-state index contributed by atoms with van der Waals surface area (Å²) in [7, 11) is 0. The van der Waals surface area contributed by atoms with E-state index in [0.717, 1.165) is 6.42 Å². The molecule has 0 radical (unpaired) electrons. The van der Waals surface area contributed by atoms with Gasteiger partial charge in [0.2, 0.25) is 5.91 Å². The average molecular weight is 336 g/mol. The number of nitrogens with zero attached hydrogens (tertiary/aromatic N) is 2. The maximum absolute atomic E-state index is 12.2. The fourth-order valence-corrected chi connectivity index (χ4v) is 3.31. The van der Waals surface area contributed by atoms with E-state index in [4.69, 9.17) is 0 Å². The molecule has 0 saturated heterocycles. The number of amides is 1. The van der Waals surface area contributed by atoms with Crippen molar-refractivity contribution in [2.24, 2.45) is 0 Å². The van der Waals surface area contributed by atoms with Crippen molar-refractivity contribution in [3.63, 3.8) is 0 Å². The van der Waals surface area contributed by atoms with Gasteiger partial charge in [0.15, 0.2) is 5.82 Å².